The van der Waals surface area contributed by atoms with Gasteiger partial charge >= 0.3 is 17.9 Å². The van der Waals surface area contributed by atoms with Crippen molar-refractivity contribution in [3.05, 3.63) is 48.1 Å². The molecule has 0 saturated heterocycles. The van der Waals surface area contributed by atoms with E-state index in [-0.39, 0.29) is 36.5 Å². The molecule has 0 aliphatic rings. The van der Waals surface area contributed by atoms with Crippen molar-refractivity contribution in [2.45, 2.75) is 81.6 Å². The highest BCUT2D eigenvalue weighted by Crippen LogP contribution is 2.18. The molecule has 0 atom stereocenters. The number of aliphatic hydroxyl groups excluding tert-OH is 3. The van der Waals surface area contributed by atoms with Crippen LogP contribution in [0.3, 0.4) is 0 Å². The highest BCUT2D eigenvalue weighted by atomic mass is 16.4. The summed E-state index contributed by atoms with van der Waals surface area (Å²) in [6.45, 7) is 25.7. The van der Waals surface area contributed by atoms with Gasteiger partial charge in [-0.3, -0.25) is 0 Å². The van der Waals surface area contributed by atoms with Crippen LogP contribution < -0.4 is 0 Å². The Balaban J connectivity index is -0.0000000764. The monoisotopic (exact) mass is 520 g/mol. The molecule has 0 radical (unpaired) electrons. The lowest BCUT2D eigenvalue weighted by molar-refractivity contribution is -0.133. The van der Waals surface area contributed by atoms with E-state index in [0.29, 0.717) is 6.42 Å². The van der Waals surface area contributed by atoms with Gasteiger partial charge in [0.05, 0.1) is 19.8 Å². The van der Waals surface area contributed by atoms with Gasteiger partial charge in [-0.1, -0.05) is 65.0 Å². The summed E-state index contributed by atoms with van der Waals surface area (Å²) < 4.78 is 0. The Morgan fingerprint density at radius 2 is 0.806 bits per heavy atom. The first-order chi connectivity index (χ1) is 16.4. The van der Waals surface area contributed by atoms with Crippen LogP contribution in [0.2, 0.25) is 0 Å². The Kier molecular flexibility index (Phi) is 41.7. The molecule has 9 nitrogen and oxygen atoms in total. The van der Waals surface area contributed by atoms with Crippen LogP contribution in [0.15, 0.2) is 48.1 Å². The normalized spacial score (nSPS) is 8.56. The first-order valence-electron chi connectivity index (χ1n) is 11.4. The second kappa shape index (κ2) is 32.2. The van der Waals surface area contributed by atoms with Crippen molar-refractivity contribution in [3.63, 3.8) is 0 Å². The number of aliphatic hydroxyl groups is 3. The first-order valence-corrected chi connectivity index (χ1v) is 11.4. The fourth-order valence-electron chi connectivity index (χ4n) is 0.485. The predicted molar refractivity (Wildman–Crippen MR) is 147 cm³/mol. The van der Waals surface area contributed by atoms with Crippen molar-refractivity contribution in [3.8, 4) is 0 Å². The number of hydrogen-bond acceptors (Lipinski definition) is 6. The first kappa shape index (κ1) is 46.6. The molecule has 0 saturated carbocycles. The third kappa shape index (κ3) is 48.6. The van der Waals surface area contributed by atoms with E-state index in [0.717, 1.165) is 0 Å². The van der Waals surface area contributed by atoms with Gasteiger partial charge in [-0.05, 0) is 48.0 Å². The molecule has 0 aromatic rings. The Labute approximate surface area is 218 Å². The van der Waals surface area contributed by atoms with E-state index in [1.54, 1.807) is 0 Å². The topological polar surface area (TPSA) is 173 Å². The summed E-state index contributed by atoms with van der Waals surface area (Å²) in [5.41, 5.74) is 1.24. The second-order valence-corrected chi connectivity index (χ2v) is 7.95. The lowest BCUT2D eigenvalue weighted by atomic mass is 9.88. The van der Waals surface area contributed by atoms with Crippen LogP contribution in [-0.4, -0.2) is 68.4 Å². The quantitative estimate of drug-likeness (QED) is 0.188. The number of aliphatic carboxylic acids is 3. The molecule has 0 spiro atoms. The summed E-state index contributed by atoms with van der Waals surface area (Å²) >= 11 is 0. The van der Waals surface area contributed by atoms with E-state index >= 15 is 0 Å². The molecule has 0 bridgehead atoms. The molecule has 0 unspecified atom stereocenters. The summed E-state index contributed by atoms with van der Waals surface area (Å²) in [5, 5.41) is 49.6. The van der Waals surface area contributed by atoms with Crippen LogP contribution in [0.1, 0.15) is 81.6 Å². The van der Waals surface area contributed by atoms with Gasteiger partial charge in [0.2, 0.25) is 0 Å². The Morgan fingerprint density at radius 3 is 0.806 bits per heavy atom. The highest BCUT2D eigenvalue weighted by molar-refractivity contribution is 5.85. The molecule has 0 aliphatic heterocycles. The van der Waals surface area contributed by atoms with Crippen LogP contribution >= 0.6 is 0 Å². The minimum absolute atomic E-state index is 0.156. The van der Waals surface area contributed by atoms with Crippen molar-refractivity contribution >= 4 is 17.9 Å². The fourth-order valence-corrected chi connectivity index (χ4v) is 0.485. The standard InChI is InChI=1S/C6H14O3.C5H10.3C4H6O2.C4H10/c1-2-6(3-7,4-8)5-9;1-4-5(2)3;3*1-3(2)4(5)6;1-3-4-2/h7-9H,2-5H2,1H3;4H,1-3H3;3*1H2,2H3,(H,5,6);3-4H2,1-2H3. The van der Waals surface area contributed by atoms with Crippen molar-refractivity contribution in [2.24, 2.45) is 5.41 Å². The summed E-state index contributed by atoms with van der Waals surface area (Å²) in [6, 6.07) is 0. The molecule has 0 rings (SSSR count). The molecule has 6 N–H and O–H groups in total. The van der Waals surface area contributed by atoms with E-state index < -0.39 is 23.3 Å². The number of carbonyl (C=O) groups is 3. The van der Waals surface area contributed by atoms with Crippen LogP contribution in [0, 0.1) is 5.41 Å². The average Bonchev–Trinajstić information content (AvgIpc) is 2.82. The van der Waals surface area contributed by atoms with E-state index in [9.17, 15) is 14.4 Å². The van der Waals surface area contributed by atoms with Gasteiger partial charge in [-0.2, -0.15) is 0 Å². The minimum Gasteiger partial charge on any atom is -0.478 e. The van der Waals surface area contributed by atoms with Crippen LogP contribution in [-0.2, 0) is 14.4 Å². The Bertz CT molecular complexity index is 527. The smallest absolute Gasteiger partial charge is 0.330 e. The number of unbranched alkanes of at least 4 members (excludes halogenated alkanes) is 1. The Hall–Kier alpha value is -2.75. The van der Waals surface area contributed by atoms with E-state index in [4.69, 9.17) is 30.6 Å². The minimum atomic E-state index is -0.935. The second-order valence-electron chi connectivity index (χ2n) is 7.95. The molecular formula is C27H52O9. The number of rotatable bonds is 8. The van der Waals surface area contributed by atoms with Gasteiger partial charge in [-0.15, -0.1) is 0 Å². The van der Waals surface area contributed by atoms with Gasteiger partial charge in [0.1, 0.15) is 0 Å². The van der Waals surface area contributed by atoms with Gasteiger partial charge < -0.3 is 30.6 Å². The molecule has 0 aliphatic carbocycles. The maximum Gasteiger partial charge on any atom is 0.330 e. The summed E-state index contributed by atoms with van der Waals surface area (Å²) in [4.78, 5) is 28.8. The average molecular weight is 521 g/mol. The summed E-state index contributed by atoms with van der Waals surface area (Å²) in [5.74, 6) is -2.81. The molecule has 214 valence electrons. The van der Waals surface area contributed by atoms with Crippen molar-refractivity contribution < 1.29 is 45.0 Å². The number of allylic oxidation sites excluding steroid dienone is 2. The van der Waals surface area contributed by atoms with Gasteiger partial charge in [0.25, 0.3) is 0 Å². The molecule has 9 heteroatoms. The van der Waals surface area contributed by atoms with E-state index in [2.05, 4.69) is 53.5 Å². The lowest BCUT2D eigenvalue weighted by Gasteiger charge is -2.24. The van der Waals surface area contributed by atoms with Crippen molar-refractivity contribution in [2.75, 3.05) is 19.8 Å². The fraction of sp³-hybridized carbons (Fsp3) is 0.593. The Morgan fingerprint density at radius 1 is 0.639 bits per heavy atom. The van der Waals surface area contributed by atoms with Crippen LogP contribution in [0.4, 0.5) is 0 Å². The molecule has 0 aromatic heterocycles. The lowest BCUT2D eigenvalue weighted by Crippen LogP contribution is -2.32. The van der Waals surface area contributed by atoms with Crippen LogP contribution in [0.25, 0.3) is 0 Å². The van der Waals surface area contributed by atoms with E-state index in [1.807, 2.05) is 13.8 Å². The van der Waals surface area contributed by atoms with Gasteiger partial charge in [0.15, 0.2) is 0 Å². The predicted octanol–water partition coefficient (Wildman–Crippen LogP) is 5.08. The molecule has 36 heavy (non-hydrogen) atoms. The summed E-state index contributed by atoms with van der Waals surface area (Å²) in [7, 11) is 0. The number of hydrogen-bond donors (Lipinski definition) is 6. The SMILES string of the molecule is C=C(C)C(=O)O.C=C(C)C(=O)O.C=C(C)C(=O)O.CC=C(C)C.CCC(CO)(CO)CO.CCCC. The molecule has 0 aromatic carbocycles. The summed E-state index contributed by atoms with van der Waals surface area (Å²) in [6.07, 6.45) is 5.32. The van der Waals surface area contributed by atoms with Crippen molar-refractivity contribution in [1.29, 1.82) is 0 Å². The third-order valence-electron chi connectivity index (χ3n) is 3.93. The molecular weight excluding hydrogens is 468 g/mol. The zero-order valence-electron chi connectivity index (χ0n) is 23.8. The highest BCUT2D eigenvalue weighted by Gasteiger charge is 2.24. The van der Waals surface area contributed by atoms with Gasteiger partial charge in [-0.25, -0.2) is 14.4 Å². The zero-order valence-corrected chi connectivity index (χ0v) is 23.8. The van der Waals surface area contributed by atoms with Gasteiger partial charge in [0, 0.05) is 22.1 Å². The van der Waals surface area contributed by atoms with Crippen molar-refractivity contribution in [1.82, 2.24) is 0 Å². The number of carboxylic acids is 3. The van der Waals surface area contributed by atoms with E-state index in [1.165, 1.54) is 39.2 Å². The zero-order chi connectivity index (χ0) is 30.5. The maximum atomic E-state index is 9.60. The molecule has 0 fully saturated rings. The van der Waals surface area contributed by atoms with Crippen LogP contribution in [0.5, 0.6) is 0 Å². The largest absolute Gasteiger partial charge is 0.478 e. The molecule has 0 amide bonds. The third-order valence-corrected chi connectivity index (χ3v) is 3.93. The number of carboxylic acid groups (broad SMARTS) is 3. The maximum absolute atomic E-state index is 9.60. The molecule has 0 heterocycles.